The molecule has 106 valence electrons. The summed E-state index contributed by atoms with van der Waals surface area (Å²) < 4.78 is 10.1. The minimum atomic E-state index is -0.0670. The van der Waals surface area contributed by atoms with Gasteiger partial charge in [0.05, 0.1) is 19.1 Å². The second-order valence-electron chi connectivity index (χ2n) is 4.93. The average molecular weight is 267 g/mol. The Morgan fingerprint density at radius 2 is 2.37 bits per heavy atom. The molecule has 6 nitrogen and oxygen atoms in total. The Morgan fingerprint density at radius 1 is 1.53 bits per heavy atom. The van der Waals surface area contributed by atoms with E-state index in [0.717, 1.165) is 25.7 Å². The number of ether oxygens (including phenoxy) is 1. The quantitative estimate of drug-likeness (QED) is 0.816. The van der Waals surface area contributed by atoms with E-state index >= 15 is 0 Å². The number of nitrogens with one attached hydrogen (secondary N) is 1. The predicted molar refractivity (Wildman–Crippen MR) is 68.3 cm³/mol. The van der Waals surface area contributed by atoms with Crippen LogP contribution in [-0.2, 0) is 16.1 Å². The molecule has 0 bridgehead atoms. The Balaban J connectivity index is 1.79. The van der Waals surface area contributed by atoms with E-state index in [1.165, 1.54) is 0 Å². The molecule has 0 aromatic carbocycles. The zero-order chi connectivity index (χ0) is 13.7. The van der Waals surface area contributed by atoms with E-state index in [9.17, 15) is 4.79 Å². The lowest BCUT2D eigenvalue weighted by molar-refractivity contribution is -0.149. The third kappa shape index (κ3) is 4.02. The van der Waals surface area contributed by atoms with E-state index < -0.39 is 0 Å². The van der Waals surface area contributed by atoms with Gasteiger partial charge in [0, 0.05) is 6.04 Å². The normalized spacial score (nSPS) is 23.3. The molecule has 19 heavy (non-hydrogen) atoms. The van der Waals surface area contributed by atoms with Crippen molar-refractivity contribution in [3.05, 3.63) is 11.7 Å². The summed E-state index contributed by atoms with van der Waals surface area (Å²) in [5, 5.41) is 7.12. The van der Waals surface area contributed by atoms with E-state index in [1.807, 2.05) is 6.92 Å². The second-order valence-corrected chi connectivity index (χ2v) is 4.93. The van der Waals surface area contributed by atoms with Crippen molar-refractivity contribution in [1.29, 1.82) is 0 Å². The molecule has 1 aliphatic carbocycles. The molecular weight excluding hydrogens is 246 g/mol. The maximum atomic E-state index is 11.7. The molecule has 0 aliphatic heterocycles. The number of hydrogen-bond acceptors (Lipinski definition) is 6. The first kappa shape index (κ1) is 14.0. The molecule has 0 radical (unpaired) electrons. The first-order chi connectivity index (χ1) is 9.19. The third-order valence-corrected chi connectivity index (χ3v) is 3.41. The number of aryl methyl sites for hydroxylation is 1. The molecule has 2 unspecified atom stereocenters. The summed E-state index contributed by atoms with van der Waals surface area (Å²) in [6, 6.07) is 0.315. The summed E-state index contributed by atoms with van der Waals surface area (Å²) >= 11 is 0. The standard InChI is InChI=1S/C13H21N3O3/c1-3-18-13(17)10-5-4-6-11(7-10)14-8-12-15-9(2)16-19-12/h10-11,14H,3-8H2,1-2H3. The van der Waals surface area contributed by atoms with Gasteiger partial charge in [0.1, 0.15) is 0 Å². The molecule has 6 heteroatoms. The van der Waals surface area contributed by atoms with E-state index in [1.54, 1.807) is 6.92 Å². The largest absolute Gasteiger partial charge is 0.466 e. The molecule has 2 atom stereocenters. The lowest BCUT2D eigenvalue weighted by Crippen LogP contribution is -2.36. The summed E-state index contributed by atoms with van der Waals surface area (Å²) in [4.78, 5) is 15.9. The van der Waals surface area contributed by atoms with Gasteiger partial charge < -0.3 is 14.6 Å². The van der Waals surface area contributed by atoms with Crippen molar-refractivity contribution in [1.82, 2.24) is 15.5 Å². The topological polar surface area (TPSA) is 77.2 Å². The van der Waals surface area contributed by atoms with Crippen molar-refractivity contribution in [2.45, 2.75) is 52.1 Å². The van der Waals surface area contributed by atoms with Gasteiger partial charge in [-0.15, -0.1) is 0 Å². The fraction of sp³-hybridized carbons (Fsp3) is 0.769. The van der Waals surface area contributed by atoms with Crippen molar-refractivity contribution in [2.24, 2.45) is 5.92 Å². The van der Waals surface area contributed by atoms with Gasteiger partial charge in [-0.1, -0.05) is 11.6 Å². The zero-order valence-corrected chi connectivity index (χ0v) is 11.5. The van der Waals surface area contributed by atoms with Crippen LogP contribution in [0, 0.1) is 12.8 Å². The van der Waals surface area contributed by atoms with Crippen LogP contribution < -0.4 is 5.32 Å². The fourth-order valence-corrected chi connectivity index (χ4v) is 2.49. The minimum Gasteiger partial charge on any atom is -0.466 e. The number of rotatable bonds is 5. The first-order valence-electron chi connectivity index (χ1n) is 6.88. The molecule has 1 heterocycles. The SMILES string of the molecule is CCOC(=O)C1CCCC(NCc2nc(C)no2)C1. The van der Waals surface area contributed by atoms with Crippen molar-refractivity contribution >= 4 is 5.97 Å². The molecule has 1 fully saturated rings. The highest BCUT2D eigenvalue weighted by molar-refractivity contribution is 5.72. The van der Waals surface area contributed by atoms with Gasteiger partial charge in [-0.05, 0) is 33.1 Å². The van der Waals surface area contributed by atoms with Gasteiger partial charge in [-0.2, -0.15) is 4.98 Å². The second kappa shape index (κ2) is 6.65. The molecule has 0 amide bonds. The zero-order valence-electron chi connectivity index (χ0n) is 11.5. The maximum absolute atomic E-state index is 11.7. The van der Waals surface area contributed by atoms with Crippen molar-refractivity contribution in [2.75, 3.05) is 6.61 Å². The van der Waals surface area contributed by atoms with Crippen molar-refractivity contribution in [3.8, 4) is 0 Å². The van der Waals surface area contributed by atoms with Crippen LogP contribution in [0.3, 0.4) is 0 Å². The molecule has 1 saturated carbocycles. The van der Waals surface area contributed by atoms with Gasteiger partial charge in [0.15, 0.2) is 5.82 Å². The lowest BCUT2D eigenvalue weighted by Gasteiger charge is -2.28. The lowest BCUT2D eigenvalue weighted by atomic mass is 9.86. The summed E-state index contributed by atoms with van der Waals surface area (Å²) in [6.07, 6.45) is 3.87. The smallest absolute Gasteiger partial charge is 0.308 e. The van der Waals surface area contributed by atoms with E-state index in [2.05, 4.69) is 15.5 Å². The van der Waals surface area contributed by atoms with Crippen molar-refractivity contribution < 1.29 is 14.1 Å². The van der Waals surface area contributed by atoms with Crippen LogP contribution in [0.2, 0.25) is 0 Å². The van der Waals surface area contributed by atoms with E-state index in [4.69, 9.17) is 9.26 Å². The van der Waals surface area contributed by atoms with Crippen LogP contribution in [0.5, 0.6) is 0 Å². The van der Waals surface area contributed by atoms with Gasteiger partial charge in [0.25, 0.3) is 0 Å². The summed E-state index contributed by atoms with van der Waals surface area (Å²) in [5.74, 6) is 1.19. The van der Waals surface area contributed by atoms with Crippen LogP contribution in [0.25, 0.3) is 0 Å². The highest BCUT2D eigenvalue weighted by atomic mass is 16.5. The highest BCUT2D eigenvalue weighted by Crippen LogP contribution is 2.25. The number of esters is 1. The predicted octanol–water partition coefficient (Wildman–Crippen LogP) is 1.59. The highest BCUT2D eigenvalue weighted by Gasteiger charge is 2.28. The van der Waals surface area contributed by atoms with Crippen LogP contribution in [0.4, 0.5) is 0 Å². The molecule has 1 aromatic heterocycles. The first-order valence-corrected chi connectivity index (χ1v) is 6.88. The molecule has 0 spiro atoms. The molecule has 0 saturated heterocycles. The fourth-order valence-electron chi connectivity index (χ4n) is 2.49. The maximum Gasteiger partial charge on any atom is 0.308 e. The average Bonchev–Trinajstić information content (AvgIpc) is 2.83. The number of aromatic nitrogens is 2. The van der Waals surface area contributed by atoms with Crippen LogP contribution in [0.1, 0.15) is 44.3 Å². The summed E-state index contributed by atoms with van der Waals surface area (Å²) in [6.45, 7) is 4.65. The Bertz CT molecular complexity index is 419. The van der Waals surface area contributed by atoms with Gasteiger partial charge in [0.2, 0.25) is 5.89 Å². The van der Waals surface area contributed by atoms with Gasteiger partial charge >= 0.3 is 5.97 Å². The Hall–Kier alpha value is -1.43. The van der Waals surface area contributed by atoms with E-state index in [-0.39, 0.29) is 11.9 Å². The van der Waals surface area contributed by atoms with E-state index in [0.29, 0.717) is 30.9 Å². The third-order valence-electron chi connectivity index (χ3n) is 3.41. The van der Waals surface area contributed by atoms with Gasteiger partial charge in [-0.25, -0.2) is 0 Å². The van der Waals surface area contributed by atoms with Crippen molar-refractivity contribution in [3.63, 3.8) is 0 Å². The van der Waals surface area contributed by atoms with Crippen LogP contribution >= 0.6 is 0 Å². The molecular formula is C13H21N3O3. The molecule has 1 aromatic rings. The molecule has 2 rings (SSSR count). The Morgan fingerprint density at radius 3 is 3.05 bits per heavy atom. The van der Waals surface area contributed by atoms with Crippen LogP contribution in [-0.4, -0.2) is 28.8 Å². The number of nitrogens with zero attached hydrogens (tertiary/aromatic N) is 2. The number of hydrogen-bond donors (Lipinski definition) is 1. The molecule has 1 aliphatic rings. The Kier molecular flexibility index (Phi) is 4.90. The monoisotopic (exact) mass is 267 g/mol. The van der Waals surface area contributed by atoms with Gasteiger partial charge in [-0.3, -0.25) is 4.79 Å². The molecule has 1 N–H and O–H groups in total. The Labute approximate surface area is 112 Å². The van der Waals surface area contributed by atoms with Crippen LogP contribution in [0.15, 0.2) is 4.52 Å². The summed E-state index contributed by atoms with van der Waals surface area (Å²) in [5.41, 5.74) is 0. The summed E-state index contributed by atoms with van der Waals surface area (Å²) in [7, 11) is 0. The number of carbonyl (C=O) groups excluding carboxylic acids is 1. The minimum absolute atomic E-state index is 0.0237. The number of carbonyl (C=O) groups is 1.